The van der Waals surface area contributed by atoms with E-state index in [4.69, 9.17) is 9.47 Å². The van der Waals surface area contributed by atoms with E-state index in [9.17, 15) is 15.2 Å². The third-order valence-corrected chi connectivity index (χ3v) is 5.01. The molecule has 2 unspecified atom stereocenters. The number of hydrogen-bond donors (Lipinski definition) is 1. The normalized spacial score (nSPS) is 22.3. The Hall–Kier alpha value is -2.62. The first-order chi connectivity index (χ1) is 12.5. The van der Waals surface area contributed by atoms with Gasteiger partial charge in [-0.2, -0.15) is 5.26 Å². The maximum Gasteiger partial charge on any atom is 0.379 e. The number of hydrogen-bond acceptors (Lipinski definition) is 5. The highest BCUT2D eigenvalue weighted by molar-refractivity contribution is 9.10. The molecule has 0 spiro atoms. The van der Waals surface area contributed by atoms with E-state index in [-0.39, 0.29) is 12.2 Å². The highest BCUT2D eigenvalue weighted by Crippen LogP contribution is 2.45. The molecule has 0 radical (unpaired) electrons. The molecule has 132 valence electrons. The molecule has 2 aromatic carbocycles. The van der Waals surface area contributed by atoms with Crippen molar-refractivity contribution in [3.63, 3.8) is 0 Å². The summed E-state index contributed by atoms with van der Waals surface area (Å²) in [4.78, 5) is 12.2. The van der Waals surface area contributed by atoms with Gasteiger partial charge in [-0.1, -0.05) is 64.5 Å². The number of carbonyl (C=O) groups is 1. The van der Waals surface area contributed by atoms with Crippen LogP contribution < -0.4 is 0 Å². The van der Waals surface area contributed by atoms with Crippen LogP contribution in [0.2, 0.25) is 0 Å². The highest BCUT2D eigenvalue weighted by atomic mass is 79.9. The summed E-state index contributed by atoms with van der Waals surface area (Å²) in [5.74, 6) is -3.45. The van der Waals surface area contributed by atoms with Crippen LogP contribution in [0.3, 0.4) is 0 Å². The van der Waals surface area contributed by atoms with Crippen molar-refractivity contribution in [1.29, 1.82) is 5.26 Å². The molecular weight excluding hydrogens is 398 g/mol. The second-order valence-electron chi connectivity index (χ2n) is 5.88. The predicted octanol–water partition coefficient (Wildman–Crippen LogP) is 3.75. The summed E-state index contributed by atoms with van der Waals surface area (Å²) in [7, 11) is 1.18. The smallest absolute Gasteiger partial charge is 0.379 e. The summed E-state index contributed by atoms with van der Waals surface area (Å²) >= 11 is 3.49. The molecule has 0 aromatic heterocycles. The van der Waals surface area contributed by atoms with Crippen LogP contribution >= 0.6 is 15.9 Å². The van der Waals surface area contributed by atoms with Crippen molar-refractivity contribution in [3.8, 4) is 6.07 Å². The molecule has 1 aliphatic rings. The summed E-state index contributed by atoms with van der Waals surface area (Å²) in [5, 5.41) is 20.7. The summed E-state index contributed by atoms with van der Waals surface area (Å²) in [6, 6.07) is 18.5. The zero-order chi connectivity index (χ0) is 18.7. The van der Waals surface area contributed by atoms with Crippen molar-refractivity contribution >= 4 is 27.7 Å². The van der Waals surface area contributed by atoms with Gasteiger partial charge in [0.2, 0.25) is 0 Å². The second kappa shape index (κ2) is 7.32. The maximum atomic E-state index is 12.2. The van der Waals surface area contributed by atoms with Crippen LogP contribution in [0, 0.1) is 11.3 Å². The zero-order valence-corrected chi connectivity index (χ0v) is 15.6. The molecule has 0 aliphatic carbocycles. The minimum Gasteiger partial charge on any atom is -0.464 e. The largest absolute Gasteiger partial charge is 0.464 e. The first-order valence-electron chi connectivity index (χ1n) is 7.94. The van der Waals surface area contributed by atoms with E-state index in [1.807, 2.05) is 30.3 Å². The number of methoxy groups -OCH3 is 1. The third-order valence-electron chi connectivity index (χ3n) is 4.29. The first-order valence-corrected chi connectivity index (χ1v) is 8.73. The Kier molecular flexibility index (Phi) is 5.12. The second-order valence-corrected chi connectivity index (χ2v) is 6.73. The fourth-order valence-corrected chi connectivity index (χ4v) is 3.60. The van der Waals surface area contributed by atoms with Crippen LogP contribution in [-0.4, -0.2) is 24.0 Å². The average Bonchev–Trinajstić information content (AvgIpc) is 2.67. The van der Waals surface area contributed by atoms with Gasteiger partial charge < -0.3 is 14.6 Å². The molecule has 26 heavy (non-hydrogen) atoms. The summed E-state index contributed by atoms with van der Waals surface area (Å²) in [5.41, 5.74) is 1.72. The van der Waals surface area contributed by atoms with Crippen LogP contribution in [-0.2, 0) is 14.3 Å². The third kappa shape index (κ3) is 3.24. The molecule has 0 fully saturated rings. The number of allylic oxidation sites excluding steroid dienone is 1. The van der Waals surface area contributed by atoms with Crippen molar-refractivity contribution in [2.75, 3.05) is 7.11 Å². The Morgan fingerprint density at radius 3 is 2.54 bits per heavy atom. The van der Waals surface area contributed by atoms with E-state index in [0.29, 0.717) is 11.1 Å². The van der Waals surface area contributed by atoms with Crippen molar-refractivity contribution in [2.45, 2.75) is 18.1 Å². The molecule has 1 N–H and O–H groups in total. The number of nitriles is 1. The lowest BCUT2D eigenvalue weighted by Gasteiger charge is -2.36. The van der Waals surface area contributed by atoms with Gasteiger partial charge in [0.15, 0.2) is 0 Å². The van der Waals surface area contributed by atoms with Crippen molar-refractivity contribution in [2.24, 2.45) is 0 Å². The van der Waals surface area contributed by atoms with Gasteiger partial charge in [0, 0.05) is 22.4 Å². The Morgan fingerprint density at radius 2 is 1.92 bits per heavy atom. The van der Waals surface area contributed by atoms with Gasteiger partial charge in [0.25, 0.3) is 0 Å². The molecule has 6 heteroatoms. The van der Waals surface area contributed by atoms with Crippen molar-refractivity contribution < 1.29 is 19.4 Å². The van der Waals surface area contributed by atoms with Crippen LogP contribution in [0.5, 0.6) is 0 Å². The summed E-state index contributed by atoms with van der Waals surface area (Å²) < 4.78 is 11.1. The van der Waals surface area contributed by atoms with Crippen LogP contribution in [0.15, 0.2) is 64.6 Å². The highest BCUT2D eigenvalue weighted by Gasteiger charge is 2.49. The van der Waals surface area contributed by atoms with Gasteiger partial charge in [-0.3, -0.25) is 0 Å². The number of nitrogens with zero attached hydrogens (tertiary/aromatic N) is 1. The molecule has 1 aliphatic heterocycles. The van der Waals surface area contributed by atoms with Gasteiger partial charge in [-0.25, -0.2) is 4.79 Å². The predicted molar refractivity (Wildman–Crippen MR) is 98.5 cm³/mol. The van der Waals surface area contributed by atoms with E-state index in [1.165, 1.54) is 7.11 Å². The van der Waals surface area contributed by atoms with Gasteiger partial charge in [-0.05, 0) is 11.6 Å². The number of aliphatic hydroxyl groups is 1. The van der Waals surface area contributed by atoms with Gasteiger partial charge in [-0.15, -0.1) is 0 Å². The molecule has 3 rings (SSSR count). The van der Waals surface area contributed by atoms with Gasteiger partial charge in [0.05, 0.1) is 18.8 Å². The molecule has 5 nitrogen and oxygen atoms in total. The molecular formula is C20H16BrNO4. The quantitative estimate of drug-likeness (QED) is 0.774. The number of ether oxygens (including phenoxy) is 2. The Morgan fingerprint density at radius 1 is 1.27 bits per heavy atom. The SMILES string of the molecule is COC(=O)C1(O)CC(c2ccccc2Br)C(C#N)=C(c2ccccc2)O1. The molecule has 0 amide bonds. The lowest BCUT2D eigenvalue weighted by atomic mass is 9.82. The molecule has 0 bridgehead atoms. The Balaban J connectivity index is 2.22. The topological polar surface area (TPSA) is 79.5 Å². The van der Waals surface area contributed by atoms with Crippen LogP contribution in [0.4, 0.5) is 0 Å². The minimum absolute atomic E-state index is 0.123. The number of benzene rings is 2. The van der Waals surface area contributed by atoms with E-state index in [2.05, 4.69) is 22.0 Å². The fraction of sp³-hybridized carbons (Fsp3) is 0.200. The first kappa shape index (κ1) is 18.2. The van der Waals surface area contributed by atoms with E-state index in [1.54, 1.807) is 24.3 Å². The standard InChI is InChI=1S/C20H16BrNO4/c1-25-19(23)20(24)11-15(14-9-5-6-10-17(14)21)16(12-22)18(26-20)13-7-3-2-4-8-13/h2-10,15,24H,11H2,1H3. The van der Waals surface area contributed by atoms with Crippen molar-refractivity contribution in [1.82, 2.24) is 0 Å². The zero-order valence-electron chi connectivity index (χ0n) is 14.0. The van der Waals surface area contributed by atoms with E-state index < -0.39 is 17.7 Å². The minimum atomic E-state index is -2.18. The Labute approximate surface area is 159 Å². The average molecular weight is 414 g/mol. The van der Waals surface area contributed by atoms with Gasteiger partial charge >= 0.3 is 11.8 Å². The molecule has 0 saturated carbocycles. The molecule has 2 aromatic rings. The number of carbonyl (C=O) groups excluding carboxylic acids is 1. The monoisotopic (exact) mass is 413 g/mol. The Bertz CT molecular complexity index is 904. The number of rotatable bonds is 3. The summed E-state index contributed by atoms with van der Waals surface area (Å²) in [6.07, 6.45) is -0.123. The fourth-order valence-electron chi connectivity index (χ4n) is 3.04. The number of esters is 1. The lowest BCUT2D eigenvalue weighted by molar-refractivity contribution is -0.210. The van der Waals surface area contributed by atoms with Crippen LogP contribution in [0.25, 0.3) is 5.76 Å². The maximum absolute atomic E-state index is 12.2. The number of halogens is 1. The molecule has 2 atom stereocenters. The van der Waals surface area contributed by atoms with Gasteiger partial charge in [0.1, 0.15) is 5.76 Å². The van der Waals surface area contributed by atoms with E-state index >= 15 is 0 Å². The lowest BCUT2D eigenvalue weighted by Crippen LogP contribution is -2.46. The molecule has 0 saturated heterocycles. The van der Waals surface area contributed by atoms with E-state index in [0.717, 1.165) is 10.0 Å². The van der Waals surface area contributed by atoms with Crippen molar-refractivity contribution in [3.05, 3.63) is 75.8 Å². The summed E-state index contributed by atoms with van der Waals surface area (Å²) in [6.45, 7) is 0. The van der Waals surface area contributed by atoms with Crippen LogP contribution in [0.1, 0.15) is 23.5 Å². The molecule has 1 heterocycles.